The van der Waals surface area contributed by atoms with Crippen molar-refractivity contribution in [2.45, 2.75) is 38.8 Å². The molecule has 1 aliphatic rings. The number of imidazole rings is 1. The van der Waals surface area contributed by atoms with Gasteiger partial charge >= 0.3 is 6.09 Å². The molecule has 1 fully saturated rings. The summed E-state index contributed by atoms with van der Waals surface area (Å²) in [7, 11) is 4.80. The van der Waals surface area contributed by atoms with Crippen molar-refractivity contribution < 1.29 is 36.8 Å². The Kier molecular flexibility index (Phi) is 9.12. The van der Waals surface area contributed by atoms with Gasteiger partial charge in [0.1, 0.15) is 41.3 Å². The van der Waals surface area contributed by atoms with Crippen LogP contribution in [0.2, 0.25) is 0 Å². The lowest BCUT2D eigenvalue weighted by Crippen LogP contribution is -2.40. The van der Waals surface area contributed by atoms with Crippen LogP contribution in [0.25, 0.3) is 33.7 Å². The molecule has 0 unspecified atom stereocenters. The Bertz CT molecular complexity index is 2130. The Hall–Kier alpha value is -5.66. The number of methoxy groups -OCH3 is 1. The zero-order valence-corrected chi connectivity index (χ0v) is 28.5. The Morgan fingerprint density at radius 2 is 1.84 bits per heavy atom. The first-order valence-corrected chi connectivity index (χ1v) is 15.9. The zero-order chi connectivity index (χ0) is 35.9. The second-order valence-electron chi connectivity index (χ2n) is 13.1. The van der Waals surface area contributed by atoms with Gasteiger partial charge in [-0.25, -0.2) is 23.1 Å². The minimum absolute atomic E-state index is 0.0554. The number of rotatable bonds is 7. The molecule has 2 N–H and O–H groups in total. The van der Waals surface area contributed by atoms with Gasteiger partial charge in [0, 0.05) is 32.4 Å². The molecule has 14 heteroatoms. The second kappa shape index (κ2) is 13.3. The second-order valence-corrected chi connectivity index (χ2v) is 13.1. The molecule has 260 valence electrons. The highest BCUT2D eigenvalue weighted by atomic mass is 19.1. The van der Waals surface area contributed by atoms with Crippen molar-refractivity contribution in [2.75, 3.05) is 30.4 Å². The Morgan fingerprint density at radius 1 is 1.06 bits per heavy atom. The monoisotopic (exact) mass is 688 g/mol. The van der Waals surface area contributed by atoms with E-state index in [0.717, 1.165) is 6.07 Å². The molecule has 0 radical (unpaired) electrons. The van der Waals surface area contributed by atoms with E-state index in [1.165, 1.54) is 37.7 Å². The van der Waals surface area contributed by atoms with Crippen molar-refractivity contribution in [3.8, 4) is 28.4 Å². The first kappa shape index (κ1) is 34.2. The Labute approximate surface area is 286 Å². The molecular formula is C36H37F3N7O4+. The highest BCUT2D eigenvalue weighted by Gasteiger charge is 2.31. The van der Waals surface area contributed by atoms with Crippen molar-refractivity contribution in [2.24, 2.45) is 14.1 Å². The van der Waals surface area contributed by atoms with Crippen LogP contribution in [-0.2, 0) is 18.8 Å². The third-order valence-electron chi connectivity index (χ3n) is 8.36. The molecule has 2 amide bonds. The van der Waals surface area contributed by atoms with Crippen LogP contribution in [0, 0.1) is 17.5 Å². The van der Waals surface area contributed by atoms with E-state index in [1.54, 1.807) is 68.4 Å². The number of alkyl carbamates (subject to hydrolysis) is 1. The van der Waals surface area contributed by atoms with E-state index in [2.05, 4.69) is 15.6 Å². The van der Waals surface area contributed by atoms with Gasteiger partial charge in [-0.15, -0.1) is 0 Å². The molecule has 3 aromatic heterocycles. The van der Waals surface area contributed by atoms with Crippen molar-refractivity contribution in [1.29, 1.82) is 0 Å². The molecule has 0 aliphatic carbocycles. The molecule has 6 rings (SSSR count). The first-order valence-electron chi connectivity index (χ1n) is 15.9. The van der Waals surface area contributed by atoms with Crippen LogP contribution in [0.4, 0.5) is 29.3 Å². The number of fused-ring (bicyclic) bond motifs is 1. The summed E-state index contributed by atoms with van der Waals surface area (Å²) in [6.07, 6.45) is 4.28. The predicted octanol–water partition coefficient (Wildman–Crippen LogP) is 5.91. The van der Waals surface area contributed by atoms with E-state index in [-0.39, 0.29) is 34.2 Å². The number of hydrogen-bond donors (Lipinski definition) is 2. The van der Waals surface area contributed by atoms with Crippen molar-refractivity contribution in [3.05, 3.63) is 84.1 Å². The minimum atomic E-state index is -1.04. The smallest absolute Gasteiger partial charge is 0.407 e. The Morgan fingerprint density at radius 3 is 2.56 bits per heavy atom. The summed E-state index contributed by atoms with van der Waals surface area (Å²) in [6, 6.07) is 9.97. The summed E-state index contributed by atoms with van der Waals surface area (Å²) in [5.74, 6) is -2.68. The van der Waals surface area contributed by atoms with E-state index in [4.69, 9.17) is 14.5 Å². The summed E-state index contributed by atoms with van der Waals surface area (Å²) >= 11 is 0. The molecule has 50 heavy (non-hydrogen) atoms. The largest absolute Gasteiger partial charge is 0.496 e. The molecule has 11 nitrogen and oxygen atoms in total. The van der Waals surface area contributed by atoms with E-state index in [9.17, 15) is 14.0 Å². The molecule has 2 aromatic carbocycles. The van der Waals surface area contributed by atoms with Crippen LogP contribution in [-0.4, -0.2) is 58.4 Å². The molecular weight excluding hydrogens is 651 g/mol. The third-order valence-corrected chi connectivity index (χ3v) is 8.36. The number of pyridine rings is 2. The first-order chi connectivity index (χ1) is 23.8. The van der Waals surface area contributed by atoms with Gasteiger partial charge in [0.05, 0.1) is 46.7 Å². The van der Waals surface area contributed by atoms with Crippen LogP contribution < -0.4 is 24.8 Å². The lowest BCUT2D eigenvalue weighted by Gasteiger charge is -2.24. The number of nitrogens with one attached hydrogen (secondary N) is 2. The lowest BCUT2D eigenvalue weighted by molar-refractivity contribution is -0.672. The Balaban J connectivity index is 1.41. The van der Waals surface area contributed by atoms with Gasteiger partial charge in [0.15, 0.2) is 17.8 Å². The number of aromatic nitrogens is 4. The van der Waals surface area contributed by atoms with Crippen molar-refractivity contribution in [3.63, 3.8) is 0 Å². The molecule has 1 atom stereocenters. The minimum Gasteiger partial charge on any atom is -0.496 e. The number of amides is 2. The zero-order valence-electron chi connectivity index (χ0n) is 28.5. The fourth-order valence-electron chi connectivity index (χ4n) is 6.09. The number of hydrogen-bond acceptors (Lipinski definition) is 7. The van der Waals surface area contributed by atoms with Crippen LogP contribution in [0.15, 0.2) is 61.1 Å². The van der Waals surface area contributed by atoms with Gasteiger partial charge in [0.2, 0.25) is 6.20 Å². The number of anilines is 2. The van der Waals surface area contributed by atoms with Gasteiger partial charge in [-0.2, -0.15) is 4.39 Å². The summed E-state index contributed by atoms with van der Waals surface area (Å²) in [6.45, 7) is 6.13. The number of ether oxygens (including phenoxy) is 2. The number of aryl methyl sites for hydroxylation is 2. The molecule has 1 saturated heterocycles. The fraction of sp³-hybridized carbons (Fsp3) is 0.306. The number of nitrogens with zero attached hydrogens (tertiary/aromatic N) is 5. The van der Waals surface area contributed by atoms with E-state index >= 15 is 8.78 Å². The third kappa shape index (κ3) is 6.65. The van der Waals surface area contributed by atoms with Gasteiger partial charge in [-0.05, 0) is 57.5 Å². The normalized spacial score (nSPS) is 14.6. The highest BCUT2D eigenvalue weighted by molar-refractivity contribution is 6.10. The summed E-state index contributed by atoms with van der Waals surface area (Å²) < 4.78 is 60.1. The highest BCUT2D eigenvalue weighted by Crippen LogP contribution is 2.39. The van der Waals surface area contributed by atoms with Crippen LogP contribution in [0.1, 0.15) is 37.6 Å². The molecule has 4 heterocycles. The maximum atomic E-state index is 16.0. The molecule has 1 aliphatic heterocycles. The molecule has 0 saturated carbocycles. The van der Waals surface area contributed by atoms with Gasteiger partial charge in [0.25, 0.3) is 5.91 Å². The summed E-state index contributed by atoms with van der Waals surface area (Å²) in [5, 5.41) is 5.72. The van der Waals surface area contributed by atoms with Crippen LogP contribution in [0.3, 0.4) is 0 Å². The molecule has 5 aromatic rings. The van der Waals surface area contributed by atoms with Gasteiger partial charge in [-0.3, -0.25) is 9.78 Å². The summed E-state index contributed by atoms with van der Waals surface area (Å²) in [5.41, 5.74) is 0.520. The maximum Gasteiger partial charge on any atom is 0.407 e. The van der Waals surface area contributed by atoms with E-state index in [1.807, 2.05) is 4.90 Å². The lowest BCUT2D eigenvalue weighted by atomic mass is 10.1. The van der Waals surface area contributed by atoms with Crippen LogP contribution >= 0.6 is 0 Å². The number of halogens is 3. The average molecular weight is 689 g/mol. The predicted molar refractivity (Wildman–Crippen MR) is 181 cm³/mol. The fourth-order valence-corrected chi connectivity index (χ4v) is 6.09. The number of carbonyl (C=O) groups excluding carboxylic acids is 2. The van der Waals surface area contributed by atoms with Crippen molar-refractivity contribution in [1.82, 2.24) is 19.9 Å². The number of carbonyl (C=O) groups is 2. The van der Waals surface area contributed by atoms with Crippen molar-refractivity contribution >= 4 is 34.4 Å². The molecule has 0 bridgehead atoms. The van der Waals surface area contributed by atoms with Crippen LogP contribution in [0.5, 0.6) is 5.75 Å². The topological polar surface area (TPSA) is 114 Å². The van der Waals surface area contributed by atoms with Gasteiger partial charge in [-0.1, -0.05) is 6.07 Å². The maximum absolute atomic E-state index is 16.0. The van der Waals surface area contributed by atoms with E-state index in [0.29, 0.717) is 47.7 Å². The molecule has 0 spiro atoms. The summed E-state index contributed by atoms with van der Waals surface area (Å²) in [4.78, 5) is 37.2. The number of benzene rings is 2. The van der Waals surface area contributed by atoms with Gasteiger partial charge < -0.3 is 29.6 Å². The standard InChI is InChI=1S/C36H36F3N7O4/c1-36(2,3)50-35(48)41-20-13-17-46(18-20)32-25(10-11-26-30(32)43-33(45(26)5)21-14-16-44(4)19-24(21)38)42-34(47)22-12-15-40-31(29(22)39)28-23(37)8-7-9-27(28)49-6/h7-12,14-16,19-20H,13,17-18H2,1-6H3,(H-,41,42,43,47,48)/p+1/t20-/m0/s1. The average Bonchev–Trinajstić information content (AvgIpc) is 3.64. The van der Waals surface area contributed by atoms with E-state index < -0.39 is 35.1 Å². The quantitative estimate of drug-likeness (QED) is 0.205. The SMILES string of the molecule is COc1cccc(F)c1-c1nccc(C(=O)Nc2ccc3c(nc(-c4cc[n+](C)cc4F)n3C)c2N2CC[C@H](NC(=O)OC(C)(C)C)C2)c1F.